The number of aromatic nitrogens is 1. The predicted molar refractivity (Wildman–Crippen MR) is 102 cm³/mol. The van der Waals surface area contributed by atoms with E-state index in [9.17, 15) is 9.59 Å². The van der Waals surface area contributed by atoms with E-state index in [2.05, 4.69) is 24.5 Å². The van der Waals surface area contributed by atoms with Crippen LogP contribution in [-0.4, -0.2) is 15.7 Å². The Labute approximate surface area is 151 Å². The van der Waals surface area contributed by atoms with E-state index < -0.39 is 0 Å². The van der Waals surface area contributed by atoms with Gasteiger partial charge in [-0.25, -0.2) is 4.90 Å². The van der Waals surface area contributed by atoms with Crippen LogP contribution in [0.25, 0.3) is 6.08 Å². The van der Waals surface area contributed by atoms with Crippen molar-refractivity contribution in [1.82, 2.24) is 4.57 Å². The molecule has 2 aliphatic rings. The molecule has 2 aromatic rings. The van der Waals surface area contributed by atoms with Crippen molar-refractivity contribution in [3.8, 4) is 0 Å². The van der Waals surface area contributed by atoms with E-state index in [1.807, 2.05) is 37.3 Å². The Morgan fingerprint density at radius 1 is 1.08 bits per heavy atom. The van der Waals surface area contributed by atoms with E-state index >= 15 is 0 Å². The summed E-state index contributed by atoms with van der Waals surface area (Å²) in [7, 11) is 0. The van der Waals surface area contributed by atoms with Gasteiger partial charge in [-0.3, -0.25) is 9.59 Å². The van der Waals surface area contributed by atoms with Gasteiger partial charge in [0, 0.05) is 17.4 Å². The van der Waals surface area contributed by atoms with Crippen molar-refractivity contribution < 1.29 is 9.59 Å². The molecule has 2 amide bonds. The maximum atomic E-state index is 12.8. The Balaban J connectivity index is 1.67. The van der Waals surface area contributed by atoms with Gasteiger partial charge in [0.25, 0.3) is 11.1 Å². The van der Waals surface area contributed by atoms with E-state index in [1.165, 1.54) is 29.1 Å². The van der Waals surface area contributed by atoms with Gasteiger partial charge in [0.1, 0.15) is 0 Å². The molecule has 1 aliphatic heterocycles. The molecule has 1 aliphatic carbocycles. The summed E-state index contributed by atoms with van der Waals surface area (Å²) in [4.78, 5) is 26.9. The summed E-state index contributed by atoms with van der Waals surface area (Å²) in [6, 6.07) is 10.1. The molecular formula is C20H20N2O2S. The summed E-state index contributed by atoms with van der Waals surface area (Å²) in [6.45, 7) is 6.16. The molecule has 1 aromatic heterocycles. The number of carbonyl (C=O) groups excluding carboxylic acids is 2. The fourth-order valence-electron chi connectivity index (χ4n) is 3.37. The molecule has 5 heteroatoms. The van der Waals surface area contributed by atoms with Crippen molar-refractivity contribution in [2.75, 3.05) is 4.90 Å². The highest BCUT2D eigenvalue weighted by atomic mass is 32.2. The first-order valence-corrected chi connectivity index (χ1v) is 9.30. The van der Waals surface area contributed by atoms with Crippen LogP contribution in [0.15, 0.2) is 35.2 Å². The zero-order valence-electron chi connectivity index (χ0n) is 14.6. The zero-order valence-corrected chi connectivity index (χ0v) is 15.4. The molecule has 1 saturated carbocycles. The predicted octanol–water partition coefficient (Wildman–Crippen LogP) is 4.99. The highest BCUT2D eigenvalue weighted by Gasteiger charge is 2.36. The maximum absolute atomic E-state index is 12.8. The average molecular weight is 352 g/mol. The second-order valence-electron chi connectivity index (χ2n) is 6.78. The molecule has 0 atom stereocenters. The number of hydrogen-bond donors (Lipinski definition) is 0. The first-order chi connectivity index (χ1) is 12.0. The first kappa shape index (κ1) is 16.2. The molecule has 0 unspecified atom stereocenters. The monoisotopic (exact) mass is 352 g/mol. The normalized spacial score (nSPS) is 19.3. The number of imide groups is 1. The highest BCUT2D eigenvalue weighted by Crippen LogP contribution is 2.40. The molecule has 0 radical (unpaired) electrons. The lowest BCUT2D eigenvalue weighted by atomic mass is 10.2. The molecule has 4 rings (SSSR count). The lowest BCUT2D eigenvalue weighted by Gasteiger charge is -2.12. The van der Waals surface area contributed by atoms with Gasteiger partial charge in [-0.05, 0) is 75.2 Å². The highest BCUT2D eigenvalue weighted by molar-refractivity contribution is 8.19. The van der Waals surface area contributed by atoms with E-state index in [0.717, 1.165) is 22.9 Å². The summed E-state index contributed by atoms with van der Waals surface area (Å²) in [5.74, 6) is -0.241. The molecule has 1 saturated heterocycles. The summed E-state index contributed by atoms with van der Waals surface area (Å²) < 4.78 is 2.34. The minimum atomic E-state index is -0.241. The van der Waals surface area contributed by atoms with E-state index in [0.29, 0.717) is 16.6 Å². The fourth-order valence-corrected chi connectivity index (χ4v) is 4.20. The Morgan fingerprint density at radius 3 is 2.40 bits per heavy atom. The van der Waals surface area contributed by atoms with Crippen LogP contribution in [0.1, 0.15) is 41.4 Å². The number of anilines is 1. The van der Waals surface area contributed by atoms with Crippen LogP contribution in [0.4, 0.5) is 10.5 Å². The van der Waals surface area contributed by atoms with Gasteiger partial charge >= 0.3 is 0 Å². The van der Waals surface area contributed by atoms with Crippen molar-refractivity contribution in [2.45, 2.75) is 39.7 Å². The number of rotatable bonds is 3. The zero-order chi connectivity index (χ0) is 17.7. The first-order valence-electron chi connectivity index (χ1n) is 8.49. The van der Waals surface area contributed by atoms with Gasteiger partial charge in [-0.1, -0.05) is 17.7 Å². The second-order valence-corrected chi connectivity index (χ2v) is 7.77. The molecule has 0 N–H and O–H groups in total. The molecule has 128 valence electrons. The van der Waals surface area contributed by atoms with Crippen molar-refractivity contribution in [3.05, 3.63) is 57.8 Å². The van der Waals surface area contributed by atoms with Gasteiger partial charge in [-0.15, -0.1) is 0 Å². The standard InChI is InChI=1S/C20H20N2O2S/c1-12-4-6-17(7-5-12)22-19(23)18(25-20(22)24)11-15-10-13(2)21(14(15)3)16-8-9-16/h4-7,10-11,16H,8-9H2,1-3H3/b18-11-. The summed E-state index contributed by atoms with van der Waals surface area (Å²) >= 11 is 1.01. The third-order valence-corrected chi connectivity index (χ3v) is 5.68. The minimum Gasteiger partial charge on any atom is -0.346 e. The number of aryl methyl sites for hydroxylation is 2. The quantitative estimate of drug-likeness (QED) is 0.731. The lowest BCUT2D eigenvalue weighted by molar-refractivity contribution is -0.113. The Kier molecular flexibility index (Phi) is 3.84. The molecule has 0 spiro atoms. The van der Waals surface area contributed by atoms with E-state index in [-0.39, 0.29) is 11.1 Å². The van der Waals surface area contributed by atoms with Crippen LogP contribution in [0.2, 0.25) is 0 Å². The lowest BCUT2D eigenvalue weighted by Crippen LogP contribution is -2.27. The van der Waals surface area contributed by atoms with Gasteiger partial charge in [0.2, 0.25) is 0 Å². The molecule has 2 heterocycles. The van der Waals surface area contributed by atoms with Gasteiger partial charge in [0.15, 0.2) is 0 Å². The van der Waals surface area contributed by atoms with Crippen LogP contribution >= 0.6 is 11.8 Å². The minimum absolute atomic E-state index is 0.240. The van der Waals surface area contributed by atoms with Crippen molar-refractivity contribution >= 4 is 34.7 Å². The number of benzene rings is 1. The number of hydrogen-bond acceptors (Lipinski definition) is 3. The Hall–Kier alpha value is -2.27. The van der Waals surface area contributed by atoms with Gasteiger partial charge in [-0.2, -0.15) is 0 Å². The number of nitrogens with zero attached hydrogens (tertiary/aromatic N) is 2. The summed E-state index contributed by atoms with van der Waals surface area (Å²) in [5.41, 5.74) is 5.13. The van der Waals surface area contributed by atoms with Gasteiger partial charge < -0.3 is 4.57 Å². The molecule has 0 bridgehead atoms. The third kappa shape index (κ3) is 2.82. The van der Waals surface area contributed by atoms with Crippen LogP contribution in [0, 0.1) is 20.8 Å². The summed E-state index contributed by atoms with van der Waals surface area (Å²) in [6.07, 6.45) is 4.31. The van der Waals surface area contributed by atoms with Crippen LogP contribution in [0.5, 0.6) is 0 Å². The molecule has 1 aromatic carbocycles. The van der Waals surface area contributed by atoms with Crippen LogP contribution < -0.4 is 4.90 Å². The Bertz CT molecular complexity index is 905. The third-order valence-electron chi connectivity index (χ3n) is 4.81. The number of amides is 2. The van der Waals surface area contributed by atoms with E-state index in [1.54, 1.807) is 0 Å². The topological polar surface area (TPSA) is 42.3 Å². The number of carbonyl (C=O) groups is 2. The van der Waals surface area contributed by atoms with Gasteiger partial charge in [0.05, 0.1) is 10.6 Å². The van der Waals surface area contributed by atoms with Crippen molar-refractivity contribution in [3.63, 3.8) is 0 Å². The van der Waals surface area contributed by atoms with E-state index in [4.69, 9.17) is 0 Å². The maximum Gasteiger partial charge on any atom is 0.298 e. The number of thioether (sulfide) groups is 1. The molecule has 2 fully saturated rings. The van der Waals surface area contributed by atoms with Crippen molar-refractivity contribution in [2.24, 2.45) is 0 Å². The second kappa shape index (κ2) is 5.92. The van der Waals surface area contributed by atoms with Crippen LogP contribution in [0.3, 0.4) is 0 Å². The molecule has 4 nitrogen and oxygen atoms in total. The fraction of sp³-hybridized carbons (Fsp3) is 0.300. The van der Waals surface area contributed by atoms with Crippen molar-refractivity contribution in [1.29, 1.82) is 0 Å². The SMILES string of the molecule is Cc1ccc(N2C(=O)S/C(=C\c3cc(C)n(C4CC4)c3C)C2=O)cc1. The Morgan fingerprint density at radius 2 is 1.76 bits per heavy atom. The average Bonchev–Trinajstić information content (AvgIpc) is 3.30. The molecular weight excluding hydrogens is 332 g/mol. The smallest absolute Gasteiger partial charge is 0.298 e. The summed E-state index contributed by atoms with van der Waals surface area (Å²) in [5, 5.41) is -0.240. The van der Waals surface area contributed by atoms with Crippen LogP contribution in [-0.2, 0) is 4.79 Å². The largest absolute Gasteiger partial charge is 0.346 e. The molecule has 25 heavy (non-hydrogen) atoms.